The van der Waals surface area contributed by atoms with Gasteiger partial charge < -0.3 is 15.4 Å². The molecule has 1 aromatic carbocycles. The maximum Gasteiger partial charge on any atom is 0.239 e. The number of amides is 1. The Morgan fingerprint density at radius 2 is 1.95 bits per heavy atom. The van der Waals surface area contributed by atoms with Crippen LogP contribution in [0.5, 0.6) is 5.75 Å². The predicted octanol–water partition coefficient (Wildman–Crippen LogP) is 2.42. The molecule has 0 fully saturated rings. The summed E-state index contributed by atoms with van der Waals surface area (Å²) in [6, 6.07) is 7.36. The monoisotopic (exact) mass is 278 g/mol. The molecule has 4 heteroatoms. The van der Waals surface area contributed by atoms with Gasteiger partial charge in [0.1, 0.15) is 5.75 Å². The van der Waals surface area contributed by atoms with E-state index in [9.17, 15) is 4.79 Å². The summed E-state index contributed by atoms with van der Waals surface area (Å²) in [4.78, 5) is 13.8. The molecule has 1 atom stereocenters. The van der Waals surface area contributed by atoms with Crippen molar-refractivity contribution in [2.75, 3.05) is 7.05 Å². The fraction of sp³-hybridized carbons (Fsp3) is 0.562. The van der Waals surface area contributed by atoms with E-state index in [4.69, 9.17) is 10.5 Å². The summed E-state index contributed by atoms with van der Waals surface area (Å²) in [5.41, 5.74) is 6.93. The molecule has 0 unspecified atom stereocenters. The van der Waals surface area contributed by atoms with Crippen LogP contribution < -0.4 is 10.5 Å². The molecule has 112 valence electrons. The fourth-order valence-electron chi connectivity index (χ4n) is 1.88. The number of likely N-dealkylation sites (N-methyl/N-ethyl adjacent to an activating group) is 1. The van der Waals surface area contributed by atoms with E-state index in [1.807, 2.05) is 52.0 Å². The summed E-state index contributed by atoms with van der Waals surface area (Å²) >= 11 is 0. The Morgan fingerprint density at radius 1 is 1.30 bits per heavy atom. The molecule has 0 aliphatic carbocycles. The van der Waals surface area contributed by atoms with Gasteiger partial charge in [0.05, 0.1) is 12.1 Å². The van der Waals surface area contributed by atoms with E-state index in [-0.39, 0.29) is 17.9 Å². The van der Waals surface area contributed by atoms with E-state index in [1.54, 1.807) is 11.9 Å². The lowest BCUT2D eigenvalue weighted by Gasteiger charge is -2.23. The van der Waals surface area contributed by atoms with Crippen molar-refractivity contribution in [3.8, 4) is 5.75 Å². The molecule has 0 radical (unpaired) electrons. The van der Waals surface area contributed by atoms with Crippen LogP contribution in [-0.4, -0.2) is 30.0 Å². The minimum Gasteiger partial charge on any atom is -0.491 e. The average molecular weight is 278 g/mol. The first kappa shape index (κ1) is 16.5. The summed E-state index contributed by atoms with van der Waals surface area (Å²) in [5.74, 6) is 0.933. The molecule has 0 aromatic heterocycles. The summed E-state index contributed by atoms with van der Waals surface area (Å²) in [6.45, 7) is 8.42. The van der Waals surface area contributed by atoms with E-state index < -0.39 is 6.04 Å². The molecule has 2 N–H and O–H groups in total. The Kier molecular flexibility index (Phi) is 6.02. The van der Waals surface area contributed by atoms with Crippen LogP contribution in [0.15, 0.2) is 24.3 Å². The van der Waals surface area contributed by atoms with Gasteiger partial charge in [-0.05, 0) is 37.5 Å². The molecule has 0 heterocycles. The number of rotatable bonds is 6. The summed E-state index contributed by atoms with van der Waals surface area (Å²) in [7, 11) is 1.78. The van der Waals surface area contributed by atoms with Crippen molar-refractivity contribution in [2.45, 2.75) is 46.4 Å². The number of carbonyl (C=O) groups excluding carboxylic acids is 1. The lowest BCUT2D eigenvalue weighted by molar-refractivity contribution is -0.132. The lowest BCUT2D eigenvalue weighted by Crippen LogP contribution is -2.44. The van der Waals surface area contributed by atoms with Crippen LogP contribution in [0, 0.1) is 5.92 Å². The molecule has 4 nitrogen and oxygen atoms in total. The molecule has 0 saturated heterocycles. The Morgan fingerprint density at radius 3 is 2.50 bits per heavy atom. The van der Waals surface area contributed by atoms with Crippen LogP contribution in [0.4, 0.5) is 0 Å². The first-order valence-corrected chi connectivity index (χ1v) is 7.07. The number of hydrogen-bond acceptors (Lipinski definition) is 3. The van der Waals surface area contributed by atoms with Crippen molar-refractivity contribution in [1.82, 2.24) is 4.90 Å². The van der Waals surface area contributed by atoms with Gasteiger partial charge in [-0.25, -0.2) is 0 Å². The zero-order valence-corrected chi connectivity index (χ0v) is 13.1. The van der Waals surface area contributed by atoms with Gasteiger partial charge in [0.2, 0.25) is 5.91 Å². The topological polar surface area (TPSA) is 55.6 Å². The number of hydrogen-bond donors (Lipinski definition) is 1. The fourth-order valence-corrected chi connectivity index (χ4v) is 1.88. The highest BCUT2D eigenvalue weighted by molar-refractivity contribution is 5.81. The zero-order chi connectivity index (χ0) is 15.3. The first-order valence-electron chi connectivity index (χ1n) is 7.07. The molecule has 1 rings (SSSR count). The number of nitrogens with zero attached hydrogens (tertiary/aromatic N) is 1. The van der Waals surface area contributed by atoms with Crippen LogP contribution in [0.3, 0.4) is 0 Å². The van der Waals surface area contributed by atoms with Gasteiger partial charge in [0.25, 0.3) is 0 Å². The second kappa shape index (κ2) is 7.29. The van der Waals surface area contributed by atoms with Gasteiger partial charge >= 0.3 is 0 Å². The van der Waals surface area contributed by atoms with E-state index in [0.717, 1.165) is 11.3 Å². The second-order valence-electron chi connectivity index (χ2n) is 5.78. The first-order chi connectivity index (χ1) is 9.31. The smallest absolute Gasteiger partial charge is 0.239 e. The average Bonchev–Trinajstić information content (AvgIpc) is 2.36. The van der Waals surface area contributed by atoms with Crippen molar-refractivity contribution in [1.29, 1.82) is 0 Å². The van der Waals surface area contributed by atoms with E-state index >= 15 is 0 Å². The highest BCUT2D eigenvalue weighted by Crippen LogP contribution is 2.16. The molecular weight excluding hydrogens is 252 g/mol. The van der Waals surface area contributed by atoms with Crippen LogP contribution in [0.1, 0.15) is 33.3 Å². The maximum atomic E-state index is 12.1. The van der Waals surface area contributed by atoms with Gasteiger partial charge in [-0.3, -0.25) is 4.79 Å². The molecule has 0 aliphatic heterocycles. The van der Waals surface area contributed by atoms with E-state index in [1.165, 1.54) is 0 Å². The van der Waals surface area contributed by atoms with Crippen molar-refractivity contribution >= 4 is 5.91 Å². The van der Waals surface area contributed by atoms with E-state index in [0.29, 0.717) is 6.54 Å². The molecular formula is C16H26N2O2. The largest absolute Gasteiger partial charge is 0.491 e. The molecule has 1 amide bonds. The number of carbonyl (C=O) groups is 1. The number of nitrogens with two attached hydrogens (primary N) is 1. The van der Waals surface area contributed by atoms with Crippen molar-refractivity contribution in [2.24, 2.45) is 11.7 Å². The Bertz CT molecular complexity index is 444. The van der Waals surface area contributed by atoms with Gasteiger partial charge in [0, 0.05) is 13.6 Å². The van der Waals surface area contributed by atoms with Gasteiger partial charge in [0.15, 0.2) is 0 Å². The predicted molar refractivity (Wildman–Crippen MR) is 81.5 cm³/mol. The van der Waals surface area contributed by atoms with Crippen LogP contribution in [0.2, 0.25) is 0 Å². The molecule has 0 spiro atoms. The third kappa shape index (κ3) is 4.85. The molecule has 0 saturated carbocycles. The minimum atomic E-state index is -0.449. The quantitative estimate of drug-likeness (QED) is 0.869. The molecule has 0 bridgehead atoms. The van der Waals surface area contributed by atoms with Gasteiger partial charge in [-0.2, -0.15) is 0 Å². The zero-order valence-electron chi connectivity index (χ0n) is 13.1. The summed E-state index contributed by atoms with van der Waals surface area (Å²) < 4.78 is 5.65. The maximum absolute atomic E-state index is 12.1. The highest BCUT2D eigenvalue weighted by Gasteiger charge is 2.21. The van der Waals surface area contributed by atoms with E-state index in [2.05, 4.69) is 0 Å². The number of benzene rings is 1. The third-order valence-corrected chi connectivity index (χ3v) is 3.07. The Hall–Kier alpha value is -1.55. The standard InChI is InChI=1S/C16H26N2O2/c1-11(2)15(17)16(19)18(5)10-13-7-6-8-14(9-13)20-12(3)4/h6-9,11-12,15H,10,17H2,1-5H3/t15-/m0/s1. The third-order valence-electron chi connectivity index (χ3n) is 3.07. The highest BCUT2D eigenvalue weighted by atomic mass is 16.5. The van der Waals surface area contributed by atoms with Crippen LogP contribution >= 0.6 is 0 Å². The van der Waals surface area contributed by atoms with Crippen LogP contribution in [-0.2, 0) is 11.3 Å². The summed E-state index contributed by atoms with van der Waals surface area (Å²) in [6.07, 6.45) is 0.138. The molecule has 0 aliphatic rings. The number of ether oxygens (including phenoxy) is 1. The molecule has 1 aromatic rings. The van der Waals surface area contributed by atoms with Crippen molar-refractivity contribution in [3.63, 3.8) is 0 Å². The Labute approximate surface area is 121 Å². The van der Waals surface area contributed by atoms with Gasteiger partial charge in [-0.15, -0.1) is 0 Å². The second-order valence-corrected chi connectivity index (χ2v) is 5.78. The minimum absolute atomic E-state index is 0.0322. The summed E-state index contributed by atoms with van der Waals surface area (Å²) in [5, 5.41) is 0. The normalized spacial score (nSPS) is 12.6. The SMILES string of the molecule is CC(C)Oc1cccc(CN(C)C(=O)[C@@H](N)C(C)C)c1. The van der Waals surface area contributed by atoms with Crippen molar-refractivity contribution in [3.05, 3.63) is 29.8 Å². The van der Waals surface area contributed by atoms with Crippen LogP contribution in [0.25, 0.3) is 0 Å². The van der Waals surface area contributed by atoms with Gasteiger partial charge in [-0.1, -0.05) is 26.0 Å². The Balaban J connectivity index is 2.70. The molecule has 20 heavy (non-hydrogen) atoms. The van der Waals surface area contributed by atoms with Crippen molar-refractivity contribution < 1.29 is 9.53 Å². The lowest BCUT2D eigenvalue weighted by atomic mass is 10.0.